The third-order valence-electron chi connectivity index (χ3n) is 16.2. The molecule has 11 aromatic carbocycles. The molecular weight excluding hydrogens is 1370 g/mol. The molecule has 0 unspecified atom stereocenters. The molecule has 11 aromatic rings. The van der Waals surface area contributed by atoms with E-state index in [4.69, 9.17) is 10.9 Å². The van der Waals surface area contributed by atoms with Gasteiger partial charge in [0, 0.05) is 55.6 Å². The molecule has 4 aliphatic rings. The maximum absolute atomic E-state index is 5.33. The van der Waals surface area contributed by atoms with Crippen LogP contribution in [0.5, 0.6) is 0 Å². The minimum Gasteiger partial charge on any atom is -1.00 e. The van der Waals surface area contributed by atoms with Gasteiger partial charge in [0.15, 0.2) is 0 Å². The van der Waals surface area contributed by atoms with Crippen molar-refractivity contribution in [3.8, 4) is 22.3 Å². The van der Waals surface area contributed by atoms with Gasteiger partial charge in [0.2, 0.25) is 22.5 Å². The van der Waals surface area contributed by atoms with E-state index in [1.165, 1.54) is 94.2 Å². The Balaban J connectivity index is 0.000000362. The van der Waals surface area contributed by atoms with E-state index in [1.54, 1.807) is 0 Å². The number of unbranched alkanes of at least 4 members (excludes halogenated alkanes) is 4. The van der Waals surface area contributed by atoms with Crippen LogP contribution in [-0.2, 0) is 11.1 Å². The van der Waals surface area contributed by atoms with Gasteiger partial charge in [-0.15, -0.1) is 0 Å². The normalized spacial score (nSPS) is 12.0. The third kappa shape index (κ3) is 15.8. The Labute approximate surface area is 610 Å². The SMILES string of the molecule is CCCCC.CCCCC.[Cl-].[Cl-].[Cl-].[Cl-].[Cl-].[Cl-].[Ga+3].[Ga+3].c1ccc(C(c2ccccc2)=[N+]2[N-]c3ccccc3C23c2ccccc2-c2ccccc23)cc1.c1ccc(C(c2ccccc2)=[N+]2[N-]c3ccccc3C23c2ccccc2-c2ccccc23)cc1.c1ccccc1. The minimum absolute atomic E-state index is 0. The molecule has 2 aliphatic carbocycles. The molecule has 92 heavy (non-hydrogen) atoms. The number of nitrogens with zero attached hydrogens (tertiary/aromatic N) is 4. The number of fused-ring (bicyclic) bond motifs is 14. The van der Waals surface area contributed by atoms with E-state index in [0.717, 1.165) is 45.1 Å². The van der Waals surface area contributed by atoms with Gasteiger partial charge in [-0.3, -0.25) is 0 Å². The van der Waals surface area contributed by atoms with Crippen LogP contribution in [-0.4, -0.2) is 60.4 Å². The summed E-state index contributed by atoms with van der Waals surface area (Å²) in [5, 5.41) is 0. The number of rotatable bonds is 8. The maximum atomic E-state index is 5.33. The molecule has 2 heterocycles. The molecule has 12 heteroatoms. The van der Waals surface area contributed by atoms with E-state index in [1.807, 2.05) is 36.4 Å². The Morgan fingerprint density at radius 2 is 0.435 bits per heavy atom. The summed E-state index contributed by atoms with van der Waals surface area (Å²) in [4.78, 5) is 0. The van der Waals surface area contributed by atoms with Crippen LogP contribution in [0.15, 0.2) is 303 Å². The zero-order valence-corrected chi connectivity index (χ0v) is 61.7. The molecular formula is C80H74Cl6Ga2N4. The largest absolute Gasteiger partial charge is 3.00 e. The van der Waals surface area contributed by atoms with Crippen LogP contribution in [0.2, 0.25) is 0 Å². The molecule has 4 nitrogen and oxygen atoms in total. The Kier molecular flexibility index (Phi) is 33.3. The molecule has 0 aromatic heterocycles. The molecule has 0 bridgehead atoms. The van der Waals surface area contributed by atoms with Gasteiger partial charge in [0.1, 0.15) is 0 Å². The summed E-state index contributed by atoms with van der Waals surface area (Å²) in [6.45, 7) is 8.85. The van der Waals surface area contributed by atoms with E-state index in [9.17, 15) is 0 Å². The van der Waals surface area contributed by atoms with E-state index < -0.39 is 11.1 Å². The van der Waals surface area contributed by atoms with E-state index in [2.05, 4.69) is 304 Å². The molecule has 0 atom stereocenters. The van der Waals surface area contributed by atoms with Crippen molar-refractivity contribution >= 4 is 62.4 Å². The second-order valence-electron chi connectivity index (χ2n) is 21.5. The van der Waals surface area contributed by atoms with Crippen LogP contribution in [0.3, 0.4) is 0 Å². The first-order valence-electron chi connectivity index (χ1n) is 30.2. The van der Waals surface area contributed by atoms with Crippen molar-refractivity contribution < 1.29 is 83.8 Å². The summed E-state index contributed by atoms with van der Waals surface area (Å²) < 4.78 is 4.57. The zero-order valence-electron chi connectivity index (χ0n) is 52.3. The maximum Gasteiger partial charge on any atom is 3.00 e. The molecule has 0 amide bonds. The summed E-state index contributed by atoms with van der Waals surface area (Å²) in [6, 6.07) is 107. The van der Waals surface area contributed by atoms with Crippen molar-refractivity contribution in [3.05, 3.63) is 370 Å². The monoisotopic (exact) mass is 1440 g/mol. The summed E-state index contributed by atoms with van der Waals surface area (Å²) in [6.07, 6.45) is 8.15. The fourth-order valence-electron chi connectivity index (χ4n) is 12.5. The van der Waals surface area contributed by atoms with Crippen molar-refractivity contribution in [2.24, 2.45) is 0 Å². The van der Waals surface area contributed by atoms with Gasteiger partial charge < -0.3 is 85.3 Å². The minimum atomic E-state index is -0.537. The van der Waals surface area contributed by atoms with Gasteiger partial charge in [0.05, 0.1) is 0 Å². The third-order valence-corrected chi connectivity index (χ3v) is 16.2. The van der Waals surface area contributed by atoms with Gasteiger partial charge in [-0.2, -0.15) is 0 Å². The van der Waals surface area contributed by atoms with Crippen molar-refractivity contribution in [1.29, 1.82) is 0 Å². The number of benzene rings is 11. The molecule has 0 radical (unpaired) electrons. The zero-order chi connectivity index (χ0) is 57.6. The molecule has 15 rings (SSSR count). The van der Waals surface area contributed by atoms with E-state index >= 15 is 0 Å². The average molecular weight is 1440 g/mol. The Hall–Kier alpha value is -6.63. The summed E-state index contributed by atoms with van der Waals surface area (Å²) >= 11 is 0. The van der Waals surface area contributed by atoms with E-state index in [-0.39, 0.29) is 114 Å². The van der Waals surface area contributed by atoms with Crippen LogP contribution in [0.4, 0.5) is 11.4 Å². The Morgan fingerprint density at radius 1 is 0.250 bits per heavy atom. The molecule has 0 N–H and O–H groups in total. The summed E-state index contributed by atoms with van der Waals surface area (Å²) in [5.41, 5.74) is 31.0. The van der Waals surface area contributed by atoms with Crippen LogP contribution < -0.4 is 74.4 Å². The second-order valence-corrected chi connectivity index (χ2v) is 21.5. The van der Waals surface area contributed by atoms with Crippen molar-refractivity contribution in [3.63, 3.8) is 0 Å². The average Bonchev–Trinajstić information content (AvgIpc) is 1.53. The predicted molar refractivity (Wildman–Crippen MR) is 364 cm³/mol. The van der Waals surface area contributed by atoms with Gasteiger partial charge in [-0.1, -0.05) is 332 Å². The molecule has 0 saturated heterocycles. The van der Waals surface area contributed by atoms with Crippen LogP contribution in [0.25, 0.3) is 33.1 Å². The second kappa shape index (κ2) is 38.5. The molecule has 2 aliphatic heterocycles. The fourth-order valence-corrected chi connectivity index (χ4v) is 12.5. The molecule has 0 fully saturated rings. The van der Waals surface area contributed by atoms with Crippen LogP contribution in [0.1, 0.15) is 122 Å². The van der Waals surface area contributed by atoms with E-state index in [0.29, 0.717) is 0 Å². The van der Waals surface area contributed by atoms with Crippen LogP contribution >= 0.6 is 0 Å². The Morgan fingerprint density at radius 3 is 0.652 bits per heavy atom. The fraction of sp³-hybridized carbons (Fsp3) is 0.150. The number of hydrogen-bond donors (Lipinski definition) is 0. The van der Waals surface area contributed by atoms with Gasteiger partial charge in [-0.05, 0) is 70.8 Å². The summed E-state index contributed by atoms with van der Waals surface area (Å²) in [5.74, 6) is 0. The number of halogens is 6. The number of hydrogen-bond acceptors (Lipinski definition) is 0. The topological polar surface area (TPSA) is 34.2 Å². The molecule has 462 valence electrons. The smallest absolute Gasteiger partial charge is 1.00 e. The molecule has 2 spiro atoms. The first-order valence-corrected chi connectivity index (χ1v) is 30.2. The Bertz CT molecular complexity index is 3590. The van der Waals surface area contributed by atoms with Crippen LogP contribution in [0, 0.1) is 0 Å². The molecule has 0 saturated carbocycles. The standard InChI is InChI=1S/2C32H22N2.C6H6.2C5H12.6ClH.2Ga/c2*1-3-13-23(14-4-1)31(24-15-5-2-6-16-24)34-32(29-21-11-12-22-30(29)33-34)27-19-9-7-17-25(27)26-18-8-10-20-28(26)32;1-2-4-6-5-3-1;2*1-3-5-4-2;;;;;;;;/h2*1-22H;1-6H;2*3-5H2,1-2H3;6*1H;;/q;;;;;;;;;;;2*+3/p-6. The first kappa shape index (κ1) is 79.6. The quantitative estimate of drug-likeness (QED) is 0.166. The van der Waals surface area contributed by atoms with Crippen molar-refractivity contribution in [1.82, 2.24) is 0 Å². The van der Waals surface area contributed by atoms with Gasteiger partial charge in [-0.25, -0.2) is 9.37 Å². The van der Waals surface area contributed by atoms with Crippen molar-refractivity contribution in [2.45, 2.75) is 77.3 Å². The first-order chi connectivity index (χ1) is 41.6. The van der Waals surface area contributed by atoms with Gasteiger partial charge >= 0.3 is 39.6 Å². The predicted octanol–water partition coefficient (Wildman–Crippen LogP) is 2.23. The van der Waals surface area contributed by atoms with Crippen molar-refractivity contribution in [2.75, 3.05) is 0 Å². The summed E-state index contributed by atoms with van der Waals surface area (Å²) in [7, 11) is 0. The van der Waals surface area contributed by atoms with Gasteiger partial charge in [0.25, 0.3) is 0 Å².